The third kappa shape index (κ3) is 5.89. The van der Waals surface area contributed by atoms with Crippen LogP contribution in [0.4, 0.5) is 10.1 Å². The average molecular weight is 412 g/mol. The number of halogens is 1. The molecule has 2 amide bonds. The molecule has 1 aliphatic heterocycles. The fourth-order valence-electron chi connectivity index (χ4n) is 3.69. The lowest BCUT2D eigenvalue weighted by Crippen LogP contribution is -2.40. The molecule has 2 aromatic carbocycles. The van der Waals surface area contributed by atoms with Crippen molar-refractivity contribution >= 4 is 17.5 Å². The third-order valence-corrected chi connectivity index (χ3v) is 5.62. The maximum absolute atomic E-state index is 13.1. The van der Waals surface area contributed by atoms with E-state index in [0.717, 1.165) is 31.4 Å². The maximum Gasteiger partial charge on any atom is 0.253 e. The van der Waals surface area contributed by atoms with Crippen LogP contribution in [0.15, 0.2) is 48.5 Å². The highest BCUT2D eigenvalue weighted by Gasteiger charge is 2.27. The number of carbonyl (C=O) groups excluding carboxylic acids is 2. The Balaban J connectivity index is 1.63. The summed E-state index contributed by atoms with van der Waals surface area (Å²) in [5, 5.41) is 5.92. The first kappa shape index (κ1) is 22.0. The van der Waals surface area contributed by atoms with E-state index >= 15 is 0 Å². The highest BCUT2D eigenvalue weighted by atomic mass is 19.1. The van der Waals surface area contributed by atoms with Crippen LogP contribution in [0.1, 0.15) is 49.0 Å². The van der Waals surface area contributed by atoms with Crippen LogP contribution in [0.25, 0.3) is 0 Å². The molecule has 5 nitrogen and oxygen atoms in total. The standard InChI is InChI=1S/C24H30FN3O2/c1-3-17(2)26-24(30)21-8-4-5-9-22(21)27-23(29)19-7-6-14-28(16-19)15-18-10-12-20(25)13-11-18/h4-5,8-13,17,19H,3,6-7,14-16H2,1-2H3,(H,26,30)(H,27,29)/t17-,19-/m1/s1. The van der Waals surface area contributed by atoms with Gasteiger partial charge in [-0.1, -0.05) is 31.2 Å². The minimum absolute atomic E-state index is 0.0670. The van der Waals surface area contributed by atoms with E-state index in [-0.39, 0.29) is 29.6 Å². The lowest BCUT2D eigenvalue weighted by atomic mass is 9.96. The summed E-state index contributed by atoms with van der Waals surface area (Å²) in [4.78, 5) is 27.7. The molecule has 0 radical (unpaired) electrons. The summed E-state index contributed by atoms with van der Waals surface area (Å²) in [6.07, 6.45) is 2.58. The van der Waals surface area contributed by atoms with Crippen molar-refractivity contribution < 1.29 is 14.0 Å². The van der Waals surface area contributed by atoms with Crippen LogP contribution in [0, 0.1) is 11.7 Å². The van der Waals surface area contributed by atoms with Crippen molar-refractivity contribution in [1.82, 2.24) is 10.2 Å². The van der Waals surface area contributed by atoms with Crippen molar-refractivity contribution in [3.05, 3.63) is 65.5 Å². The van der Waals surface area contributed by atoms with E-state index in [9.17, 15) is 14.0 Å². The first-order valence-corrected chi connectivity index (χ1v) is 10.6. The zero-order chi connectivity index (χ0) is 21.5. The van der Waals surface area contributed by atoms with E-state index in [4.69, 9.17) is 0 Å². The lowest BCUT2D eigenvalue weighted by Gasteiger charge is -2.32. The Morgan fingerprint density at radius 3 is 2.63 bits per heavy atom. The number of piperidine rings is 1. The highest BCUT2D eigenvalue weighted by molar-refractivity contribution is 6.04. The number of likely N-dealkylation sites (tertiary alicyclic amines) is 1. The fraction of sp³-hybridized carbons (Fsp3) is 0.417. The number of amides is 2. The molecular weight excluding hydrogens is 381 g/mol. The molecule has 0 spiro atoms. The van der Waals surface area contributed by atoms with E-state index in [0.29, 0.717) is 24.3 Å². The largest absolute Gasteiger partial charge is 0.350 e. The monoisotopic (exact) mass is 411 g/mol. The zero-order valence-corrected chi connectivity index (χ0v) is 17.7. The topological polar surface area (TPSA) is 61.4 Å². The Morgan fingerprint density at radius 2 is 1.90 bits per heavy atom. The molecule has 0 bridgehead atoms. The predicted octanol–water partition coefficient (Wildman–Crippen LogP) is 4.20. The molecule has 0 unspecified atom stereocenters. The number of hydrogen-bond donors (Lipinski definition) is 2. The van der Waals surface area contributed by atoms with Gasteiger partial charge < -0.3 is 10.6 Å². The first-order valence-electron chi connectivity index (χ1n) is 10.6. The average Bonchev–Trinajstić information content (AvgIpc) is 2.75. The molecule has 30 heavy (non-hydrogen) atoms. The Labute approximate surface area is 177 Å². The van der Waals surface area contributed by atoms with Gasteiger partial charge in [0.1, 0.15) is 5.82 Å². The molecule has 1 heterocycles. The number of nitrogens with zero attached hydrogens (tertiary/aromatic N) is 1. The molecule has 1 fully saturated rings. The smallest absolute Gasteiger partial charge is 0.253 e. The van der Waals surface area contributed by atoms with Gasteiger partial charge in [0.2, 0.25) is 5.91 Å². The number of benzene rings is 2. The SMILES string of the molecule is CC[C@@H](C)NC(=O)c1ccccc1NC(=O)[C@@H]1CCCN(Cc2ccc(F)cc2)C1. The molecule has 2 N–H and O–H groups in total. The molecule has 0 aliphatic carbocycles. The molecule has 3 rings (SSSR count). The predicted molar refractivity (Wildman–Crippen MR) is 117 cm³/mol. The molecular formula is C24H30FN3O2. The van der Waals surface area contributed by atoms with Crippen LogP contribution in [-0.4, -0.2) is 35.8 Å². The van der Waals surface area contributed by atoms with E-state index in [1.165, 1.54) is 12.1 Å². The van der Waals surface area contributed by atoms with E-state index in [2.05, 4.69) is 15.5 Å². The van der Waals surface area contributed by atoms with Crippen molar-refractivity contribution in [2.24, 2.45) is 5.92 Å². The molecule has 2 atom stereocenters. The van der Waals surface area contributed by atoms with Crippen molar-refractivity contribution in [1.29, 1.82) is 0 Å². The van der Waals surface area contributed by atoms with Gasteiger partial charge in [-0.25, -0.2) is 4.39 Å². The third-order valence-electron chi connectivity index (χ3n) is 5.62. The van der Waals surface area contributed by atoms with Crippen LogP contribution >= 0.6 is 0 Å². The summed E-state index contributed by atoms with van der Waals surface area (Å²) in [6, 6.07) is 13.7. The molecule has 0 saturated carbocycles. The molecule has 2 aromatic rings. The van der Waals surface area contributed by atoms with Crippen LogP contribution in [0.3, 0.4) is 0 Å². The number of para-hydroxylation sites is 1. The van der Waals surface area contributed by atoms with Gasteiger partial charge in [-0.15, -0.1) is 0 Å². The van der Waals surface area contributed by atoms with E-state index < -0.39 is 0 Å². The fourth-order valence-corrected chi connectivity index (χ4v) is 3.69. The van der Waals surface area contributed by atoms with Gasteiger partial charge in [0, 0.05) is 19.1 Å². The maximum atomic E-state index is 13.1. The Bertz CT molecular complexity index is 869. The van der Waals surface area contributed by atoms with E-state index in [1.807, 2.05) is 19.9 Å². The minimum atomic E-state index is -0.245. The second kappa shape index (κ2) is 10.3. The van der Waals surface area contributed by atoms with Crippen molar-refractivity contribution in [2.75, 3.05) is 18.4 Å². The normalized spacial score (nSPS) is 17.9. The molecule has 160 valence electrons. The summed E-state index contributed by atoms with van der Waals surface area (Å²) >= 11 is 0. The highest BCUT2D eigenvalue weighted by Crippen LogP contribution is 2.22. The van der Waals surface area contributed by atoms with Gasteiger partial charge in [0.05, 0.1) is 17.2 Å². The molecule has 6 heteroatoms. The molecule has 0 aromatic heterocycles. The van der Waals surface area contributed by atoms with Gasteiger partial charge in [0.25, 0.3) is 5.91 Å². The number of carbonyl (C=O) groups is 2. The van der Waals surface area contributed by atoms with Crippen LogP contribution in [-0.2, 0) is 11.3 Å². The lowest BCUT2D eigenvalue weighted by molar-refractivity contribution is -0.121. The molecule has 1 aliphatic rings. The quantitative estimate of drug-likeness (QED) is 0.718. The Hall–Kier alpha value is -2.73. The summed E-state index contributed by atoms with van der Waals surface area (Å²) in [6.45, 7) is 6.22. The number of nitrogens with one attached hydrogen (secondary N) is 2. The first-order chi connectivity index (χ1) is 14.5. The number of anilines is 1. The minimum Gasteiger partial charge on any atom is -0.350 e. The van der Waals surface area contributed by atoms with Gasteiger partial charge in [0.15, 0.2) is 0 Å². The van der Waals surface area contributed by atoms with Gasteiger partial charge >= 0.3 is 0 Å². The van der Waals surface area contributed by atoms with Gasteiger partial charge in [-0.05, 0) is 62.6 Å². The molecule has 1 saturated heterocycles. The van der Waals surface area contributed by atoms with Crippen LogP contribution in [0.2, 0.25) is 0 Å². The van der Waals surface area contributed by atoms with E-state index in [1.54, 1.807) is 30.3 Å². The second-order valence-electron chi connectivity index (χ2n) is 8.02. The zero-order valence-electron chi connectivity index (χ0n) is 17.7. The second-order valence-corrected chi connectivity index (χ2v) is 8.02. The Kier molecular flexibility index (Phi) is 7.57. The number of hydrogen-bond acceptors (Lipinski definition) is 3. The van der Waals surface area contributed by atoms with Crippen molar-refractivity contribution in [2.45, 2.75) is 45.7 Å². The van der Waals surface area contributed by atoms with Crippen molar-refractivity contribution in [3.63, 3.8) is 0 Å². The summed E-state index contributed by atoms with van der Waals surface area (Å²) in [5.74, 6) is -0.639. The summed E-state index contributed by atoms with van der Waals surface area (Å²) in [7, 11) is 0. The summed E-state index contributed by atoms with van der Waals surface area (Å²) in [5.41, 5.74) is 2.05. The Morgan fingerprint density at radius 1 is 1.17 bits per heavy atom. The van der Waals surface area contributed by atoms with Crippen LogP contribution in [0.5, 0.6) is 0 Å². The number of rotatable bonds is 7. The van der Waals surface area contributed by atoms with Gasteiger partial charge in [-0.3, -0.25) is 14.5 Å². The summed E-state index contributed by atoms with van der Waals surface area (Å²) < 4.78 is 13.1. The van der Waals surface area contributed by atoms with Gasteiger partial charge in [-0.2, -0.15) is 0 Å². The van der Waals surface area contributed by atoms with Crippen molar-refractivity contribution in [3.8, 4) is 0 Å². The van der Waals surface area contributed by atoms with Crippen LogP contribution < -0.4 is 10.6 Å².